The van der Waals surface area contributed by atoms with Gasteiger partial charge in [0, 0.05) is 24.7 Å². The van der Waals surface area contributed by atoms with Crippen LogP contribution in [-0.4, -0.2) is 37.8 Å². The van der Waals surface area contributed by atoms with Crippen LogP contribution in [0.25, 0.3) is 10.9 Å². The maximum absolute atomic E-state index is 12.2. The van der Waals surface area contributed by atoms with Gasteiger partial charge in [-0.2, -0.15) is 10.4 Å². The molecule has 1 saturated heterocycles. The first kappa shape index (κ1) is 13.5. The number of nitrogens with one attached hydrogen (secondary N) is 1. The summed E-state index contributed by atoms with van der Waals surface area (Å²) in [6, 6.07) is 4.05. The largest absolute Gasteiger partial charge is 0.368 e. The molecule has 4 heterocycles. The maximum atomic E-state index is 12.2. The van der Waals surface area contributed by atoms with Gasteiger partial charge in [-0.05, 0) is 12.5 Å². The third kappa shape index (κ3) is 2.14. The molecule has 3 aromatic rings. The zero-order chi connectivity index (χ0) is 15.8. The van der Waals surface area contributed by atoms with E-state index in [-0.39, 0.29) is 17.2 Å². The predicted octanol–water partition coefficient (Wildman–Crippen LogP) is 0.838. The summed E-state index contributed by atoms with van der Waals surface area (Å²) in [6.07, 6.45) is 7.35. The van der Waals surface area contributed by atoms with Gasteiger partial charge in [0.05, 0.1) is 23.4 Å². The van der Waals surface area contributed by atoms with Crippen LogP contribution in [0.15, 0.2) is 35.9 Å². The lowest BCUT2D eigenvalue weighted by molar-refractivity contribution is 0.493. The fourth-order valence-electron chi connectivity index (χ4n) is 3.13. The third-order valence-electron chi connectivity index (χ3n) is 4.19. The van der Waals surface area contributed by atoms with Gasteiger partial charge in [-0.3, -0.25) is 9.78 Å². The summed E-state index contributed by atoms with van der Waals surface area (Å²) >= 11 is 0. The second-order valence-electron chi connectivity index (χ2n) is 5.47. The minimum absolute atomic E-state index is 0.142. The molecule has 114 valence electrons. The van der Waals surface area contributed by atoms with Crippen LogP contribution in [0.5, 0.6) is 0 Å². The number of nitriles is 1. The summed E-state index contributed by atoms with van der Waals surface area (Å²) in [5, 5.41) is 14.4. The van der Waals surface area contributed by atoms with Gasteiger partial charge in [0.15, 0.2) is 0 Å². The number of aromatic amines is 1. The van der Waals surface area contributed by atoms with E-state index in [9.17, 15) is 10.1 Å². The van der Waals surface area contributed by atoms with E-state index >= 15 is 0 Å². The van der Waals surface area contributed by atoms with Crippen molar-refractivity contribution >= 4 is 16.6 Å². The lowest BCUT2D eigenvalue weighted by Crippen LogP contribution is -2.25. The number of nitrogens with zero attached hydrogens (tertiary/aromatic N) is 6. The zero-order valence-electron chi connectivity index (χ0n) is 12.2. The second-order valence-corrected chi connectivity index (χ2v) is 5.47. The topological polar surface area (TPSA) is 103 Å². The van der Waals surface area contributed by atoms with Crippen molar-refractivity contribution in [3.63, 3.8) is 0 Å². The minimum atomic E-state index is -0.382. The van der Waals surface area contributed by atoms with Crippen LogP contribution in [0.3, 0.4) is 0 Å². The van der Waals surface area contributed by atoms with Crippen molar-refractivity contribution in [2.24, 2.45) is 0 Å². The van der Waals surface area contributed by atoms with Crippen LogP contribution in [0.4, 0.5) is 5.69 Å². The average molecular weight is 307 g/mol. The lowest BCUT2D eigenvalue weighted by Gasteiger charge is -2.21. The molecule has 8 nitrogen and oxygen atoms in total. The number of rotatable bonds is 2. The number of hydrogen-bond donors (Lipinski definition) is 1. The Bertz CT molecular complexity index is 954. The Labute approximate surface area is 131 Å². The van der Waals surface area contributed by atoms with Gasteiger partial charge in [0.1, 0.15) is 24.3 Å². The van der Waals surface area contributed by atoms with Crippen LogP contribution in [-0.2, 0) is 0 Å². The van der Waals surface area contributed by atoms with Crippen molar-refractivity contribution in [3.8, 4) is 6.07 Å². The molecule has 0 aromatic carbocycles. The molecule has 0 amide bonds. The fraction of sp³-hybridized carbons (Fsp3) is 0.267. The first-order valence-electron chi connectivity index (χ1n) is 7.27. The molecule has 0 spiro atoms. The van der Waals surface area contributed by atoms with Crippen molar-refractivity contribution in [2.45, 2.75) is 12.5 Å². The summed E-state index contributed by atoms with van der Waals surface area (Å²) in [7, 11) is 0. The summed E-state index contributed by atoms with van der Waals surface area (Å²) < 4.78 is 1.82. The first-order chi connectivity index (χ1) is 11.3. The molecule has 1 N–H and O–H groups in total. The van der Waals surface area contributed by atoms with E-state index in [4.69, 9.17) is 0 Å². The SMILES string of the molecule is N#Cc1c(N2CCC(n3cncn3)C2)c2ccncc2[nH]c1=O. The maximum Gasteiger partial charge on any atom is 0.268 e. The molecule has 1 aliphatic rings. The number of fused-ring (bicyclic) bond motifs is 1. The van der Waals surface area contributed by atoms with Crippen molar-refractivity contribution in [1.82, 2.24) is 24.7 Å². The van der Waals surface area contributed by atoms with Crippen LogP contribution in [0.2, 0.25) is 0 Å². The summed E-state index contributed by atoms with van der Waals surface area (Å²) in [5.74, 6) is 0. The molecule has 0 aliphatic carbocycles. The highest BCUT2D eigenvalue weighted by Crippen LogP contribution is 2.32. The number of pyridine rings is 2. The molecule has 8 heteroatoms. The molecule has 1 unspecified atom stereocenters. The highest BCUT2D eigenvalue weighted by molar-refractivity contribution is 5.94. The molecule has 23 heavy (non-hydrogen) atoms. The van der Waals surface area contributed by atoms with Crippen LogP contribution < -0.4 is 10.5 Å². The third-order valence-corrected chi connectivity index (χ3v) is 4.19. The predicted molar refractivity (Wildman–Crippen MR) is 83.0 cm³/mol. The van der Waals surface area contributed by atoms with E-state index in [0.29, 0.717) is 17.7 Å². The van der Waals surface area contributed by atoms with Crippen molar-refractivity contribution in [2.75, 3.05) is 18.0 Å². The monoisotopic (exact) mass is 307 g/mol. The lowest BCUT2D eigenvalue weighted by atomic mass is 10.1. The van der Waals surface area contributed by atoms with Crippen LogP contribution in [0, 0.1) is 11.3 Å². The van der Waals surface area contributed by atoms with Gasteiger partial charge in [0.2, 0.25) is 0 Å². The van der Waals surface area contributed by atoms with Crippen molar-refractivity contribution in [3.05, 3.63) is 47.0 Å². The second kappa shape index (κ2) is 5.21. The molecule has 0 radical (unpaired) electrons. The Morgan fingerprint density at radius 3 is 3.09 bits per heavy atom. The molecule has 1 fully saturated rings. The van der Waals surface area contributed by atoms with E-state index in [0.717, 1.165) is 18.4 Å². The normalized spacial score (nSPS) is 17.5. The number of H-pyrrole nitrogens is 1. The van der Waals surface area contributed by atoms with Crippen molar-refractivity contribution < 1.29 is 0 Å². The minimum Gasteiger partial charge on any atom is -0.368 e. The molecule has 0 bridgehead atoms. The molecular formula is C15H13N7O. The molecular weight excluding hydrogens is 294 g/mol. The zero-order valence-corrected chi connectivity index (χ0v) is 12.2. The van der Waals surface area contributed by atoms with Gasteiger partial charge >= 0.3 is 0 Å². The first-order valence-corrected chi connectivity index (χ1v) is 7.27. The highest BCUT2D eigenvalue weighted by atomic mass is 16.1. The van der Waals surface area contributed by atoms with Gasteiger partial charge in [-0.25, -0.2) is 9.67 Å². The van der Waals surface area contributed by atoms with E-state index < -0.39 is 0 Å². The van der Waals surface area contributed by atoms with Crippen molar-refractivity contribution in [1.29, 1.82) is 5.26 Å². The van der Waals surface area contributed by atoms with Gasteiger partial charge < -0.3 is 9.88 Å². The summed E-state index contributed by atoms with van der Waals surface area (Å²) in [4.78, 5) is 25.0. The average Bonchev–Trinajstić information content (AvgIpc) is 3.24. The molecule has 4 rings (SSSR count). The molecule has 1 atom stereocenters. The van der Waals surface area contributed by atoms with E-state index in [1.165, 1.54) is 6.33 Å². The molecule has 1 aliphatic heterocycles. The van der Waals surface area contributed by atoms with E-state index in [2.05, 4.69) is 25.0 Å². The summed E-state index contributed by atoms with van der Waals surface area (Å²) in [6.45, 7) is 1.43. The number of hydrogen-bond acceptors (Lipinski definition) is 6. The quantitative estimate of drug-likeness (QED) is 0.752. The van der Waals surface area contributed by atoms with Gasteiger partial charge in [-0.1, -0.05) is 0 Å². The highest BCUT2D eigenvalue weighted by Gasteiger charge is 2.28. The molecule has 0 saturated carbocycles. The smallest absolute Gasteiger partial charge is 0.268 e. The number of anilines is 1. The van der Waals surface area contributed by atoms with E-state index in [1.54, 1.807) is 18.7 Å². The Balaban J connectivity index is 1.83. The van der Waals surface area contributed by atoms with Gasteiger partial charge in [0.25, 0.3) is 5.56 Å². The fourth-order valence-corrected chi connectivity index (χ4v) is 3.13. The Hall–Kier alpha value is -3.21. The van der Waals surface area contributed by atoms with Crippen LogP contribution in [0.1, 0.15) is 18.0 Å². The Morgan fingerprint density at radius 1 is 1.39 bits per heavy atom. The number of aromatic nitrogens is 5. The standard InChI is InChI=1S/C15H13N7O/c16-5-12-14(11-1-3-17-6-13(11)20-15(12)23)21-4-2-10(7-21)22-9-18-8-19-22/h1,3,6,8-10H,2,4,7H2,(H,20,23). The Kier molecular flexibility index (Phi) is 3.05. The Morgan fingerprint density at radius 2 is 2.30 bits per heavy atom. The molecule has 3 aromatic heterocycles. The van der Waals surface area contributed by atoms with Gasteiger partial charge in [-0.15, -0.1) is 0 Å². The van der Waals surface area contributed by atoms with Crippen LogP contribution >= 0.6 is 0 Å². The van der Waals surface area contributed by atoms with E-state index in [1.807, 2.05) is 16.8 Å². The summed E-state index contributed by atoms with van der Waals surface area (Å²) in [5.41, 5.74) is 1.07.